The van der Waals surface area contributed by atoms with Crippen molar-refractivity contribution >= 4 is 28.1 Å². The molecular formula is C20H16O5. The van der Waals surface area contributed by atoms with Gasteiger partial charge in [-0.15, -0.1) is 0 Å². The van der Waals surface area contributed by atoms with Gasteiger partial charge in [-0.3, -0.25) is 14.4 Å². The lowest BCUT2D eigenvalue weighted by Crippen LogP contribution is -2.48. The summed E-state index contributed by atoms with van der Waals surface area (Å²) >= 11 is 0. The Bertz CT molecular complexity index is 1000. The van der Waals surface area contributed by atoms with E-state index in [0.717, 1.165) is 10.8 Å². The van der Waals surface area contributed by atoms with Crippen LogP contribution in [0.15, 0.2) is 47.5 Å². The second kappa shape index (κ2) is 5.18. The second-order valence-corrected chi connectivity index (χ2v) is 6.78. The van der Waals surface area contributed by atoms with Crippen molar-refractivity contribution in [1.29, 1.82) is 0 Å². The molecule has 5 nitrogen and oxygen atoms in total. The lowest BCUT2D eigenvalue weighted by Gasteiger charge is -2.37. The molecule has 0 amide bonds. The van der Waals surface area contributed by atoms with Crippen molar-refractivity contribution in [2.45, 2.75) is 31.5 Å². The van der Waals surface area contributed by atoms with Crippen LogP contribution in [0.3, 0.4) is 0 Å². The third-order valence-electron chi connectivity index (χ3n) is 5.21. The van der Waals surface area contributed by atoms with Crippen molar-refractivity contribution < 1.29 is 24.6 Å². The number of fused-ring (bicyclic) bond motifs is 2. The zero-order chi connectivity index (χ0) is 17.9. The average Bonchev–Trinajstić information content (AvgIpc) is 2.57. The lowest BCUT2D eigenvalue weighted by atomic mass is 9.69. The summed E-state index contributed by atoms with van der Waals surface area (Å²) in [5.74, 6) is -1.34. The zero-order valence-electron chi connectivity index (χ0n) is 13.6. The largest absolute Gasteiger partial charge is 0.388 e. The highest BCUT2D eigenvalue weighted by Gasteiger charge is 2.48. The van der Waals surface area contributed by atoms with E-state index in [1.807, 2.05) is 24.3 Å². The minimum Gasteiger partial charge on any atom is -0.388 e. The molecule has 2 aliphatic carbocycles. The van der Waals surface area contributed by atoms with E-state index in [-0.39, 0.29) is 35.1 Å². The fraction of sp³-hybridized carbons (Fsp3) is 0.250. The first kappa shape index (κ1) is 15.9. The van der Waals surface area contributed by atoms with E-state index in [0.29, 0.717) is 0 Å². The van der Waals surface area contributed by atoms with E-state index < -0.39 is 29.1 Å². The molecule has 2 N–H and O–H groups in total. The van der Waals surface area contributed by atoms with Gasteiger partial charge in [0, 0.05) is 35.1 Å². The first-order chi connectivity index (χ1) is 11.8. The molecule has 5 heteroatoms. The molecule has 0 spiro atoms. The molecule has 0 saturated carbocycles. The SMILES string of the molecule is CC(=O)[C@]1(O)CC2=C(C(=O)c3cc4ccccc4cc3C2=O)[C@@H](O)C1. The van der Waals surface area contributed by atoms with Gasteiger partial charge in [0.2, 0.25) is 0 Å². The van der Waals surface area contributed by atoms with Crippen LogP contribution >= 0.6 is 0 Å². The Balaban J connectivity index is 1.93. The molecule has 2 aliphatic rings. The minimum atomic E-state index is -1.82. The fourth-order valence-corrected chi connectivity index (χ4v) is 3.77. The molecule has 0 unspecified atom stereocenters. The number of aliphatic hydroxyl groups is 2. The second-order valence-electron chi connectivity index (χ2n) is 6.78. The summed E-state index contributed by atoms with van der Waals surface area (Å²) in [6, 6.07) is 10.7. The van der Waals surface area contributed by atoms with Gasteiger partial charge in [0.25, 0.3) is 0 Å². The summed E-state index contributed by atoms with van der Waals surface area (Å²) in [6.07, 6.45) is -1.86. The maximum Gasteiger partial charge on any atom is 0.192 e. The number of Topliss-reactive ketones (excluding diaryl/α,β-unsaturated/α-hetero) is 3. The summed E-state index contributed by atoms with van der Waals surface area (Å²) in [4.78, 5) is 37.6. The highest BCUT2D eigenvalue weighted by atomic mass is 16.3. The predicted molar refractivity (Wildman–Crippen MR) is 90.5 cm³/mol. The van der Waals surface area contributed by atoms with Crippen LogP contribution in [0.1, 0.15) is 40.5 Å². The van der Waals surface area contributed by atoms with E-state index in [1.54, 1.807) is 12.1 Å². The summed E-state index contributed by atoms with van der Waals surface area (Å²) in [5.41, 5.74) is -1.25. The van der Waals surface area contributed by atoms with Gasteiger partial charge in [-0.1, -0.05) is 24.3 Å². The molecule has 0 radical (unpaired) electrons. The molecule has 0 fully saturated rings. The Hall–Kier alpha value is -2.63. The number of hydrogen-bond acceptors (Lipinski definition) is 5. The Labute approximate surface area is 143 Å². The smallest absolute Gasteiger partial charge is 0.192 e. The number of rotatable bonds is 1. The van der Waals surface area contributed by atoms with Gasteiger partial charge < -0.3 is 10.2 Å². The molecule has 126 valence electrons. The van der Waals surface area contributed by atoms with E-state index in [1.165, 1.54) is 6.92 Å². The topological polar surface area (TPSA) is 91.7 Å². The molecule has 2 aromatic rings. The normalized spacial score (nSPS) is 25.8. The molecule has 25 heavy (non-hydrogen) atoms. The number of ketones is 3. The average molecular weight is 336 g/mol. The van der Waals surface area contributed by atoms with Crippen LogP contribution in [-0.2, 0) is 4.79 Å². The maximum absolute atomic E-state index is 13.0. The number of benzene rings is 2. The molecular weight excluding hydrogens is 320 g/mol. The molecule has 0 heterocycles. The summed E-state index contributed by atoms with van der Waals surface area (Å²) in [6.45, 7) is 1.22. The highest BCUT2D eigenvalue weighted by Crippen LogP contribution is 2.41. The van der Waals surface area contributed by atoms with Gasteiger partial charge in [-0.05, 0) is 29.8 Å². The number of carbonyl (C=O) groups excluding carboxylic acids is 3. The summed E-state index contributed by atoms with van der Waals surface area (Å²) in [5, 5.41) is 22.5. The third-order valence-corrected chi connectivity index (χ3v) is 5.21. The predicted octanol–water partition coefficient (Wildman–Crippen LogP) is 1.99. The number of hydrogen-bond donors (Lipinski definition) is 2. The fourth-order valence-electron chi connectivity index (χ4n) is 3.77. The first-order valence-electron chi connectivity index (χ1n) is 8.08. The van der Waals surface area contributed by atoms with Gasteiger partial charge >= 0.3 is 0 Å². The van der Waals surface area contributed by atoms with Gasteiger partial charge in [0.05, 0.1) is 6.10 Å². The van der Waals surface area contributed by atoms with Gasteiger partial charge in [-0.25, -0.2) is 0 Å². The number of aliphatic hydroxyl groups excluding tert-OH is 1. The van der Waals surface area contributed by atoms with Crippen LogP contribution < -0.4 is 0 Å². The van der Waals surface area contributed by atoms with Crippen molar-refractivity contribution in [3.05, 3.63) is 58.7 Å². The van der Waals surface area contributed by atoms with Crippen molar-refractivity contribution in [2.24, 2.45) is 0 Å². The molecule has 4 rings (SSSR count). The van der Waals surface area contributed by atoms with Crippen molar-refractivity contribution in [3.63, 3.8) is 0 Å². The van der Waals surface area contributed by atoms with Crippen LogP contribution in [0.5, 0.6) is 0 Å². The lowest BCUT2D eigenvalue weighted by molar-refractivity contribution is -0.138. The van der Waals surface area contributed by atoms with Crippen LogP contribution in [-0.4, -0.2) is 39.3 Å². The van der Waals surface area contributed by atoms with Crippen molar-refractivity contribution in [2.75, 3.05) is 0 Å². The van der Waals surface area contributed by atoms with Crippen LogP contribution in [0.4, 0.5) is 0 Å². The number of carbonyl (C=O) groups is 3. The van der Waals surface area contributed by atoms with E-state index in [4.69, 9.17) is 0 Å². The molecule has 2 atom stereocenters. The Morgan fingerprint density at radius 1 is 1.08 bits per heavy atom. The monoisotopic (exact) mass is 336 g/mol. The first-order valence-corrected chi connectivity index (χ1v) is 8.08. The van der Waals surface area contributed by atoms with E-state index in [9.17, 15) is 24.6 Å². The molecule has 2 aromatic carbocycles. The third kappa shape index (κ3) is 2.20. The molecule has 0 aromatic heterocycles. The Morgan fingerprint density at radius 2 is 1.64 bits per heavy atom. The molecule has 0 aliphatic heterocycles. The quantitative estimate of drug-likeness (QED) is 0.831. The van der Waals surface area contributed by atoms with Gasteiger partial charge in [-0.2, -0.15) is 0 Å². The molecule has 0 bridgehead atoms. The minimum absolute atomic E-state index is 0.0127. The van der Waals surface area contributed by atoms with Crippen molar-refractivity contribution in [3.8, 4) is 0 Å². The summed E-state index contributed by atoms with van der Waals surface area (Å²) < 4.78 is 0. The zero-order valence-corrected chi connectivity index (χ0v) is 13.6. The highest BCUT2D eigenvalue weighted by molar-refractivity contribution is 6.29. The van der Waals surface area contributed by atoms with Crippen molar-refractivity contribution in [1.82, 2.24) is 0 Å². The van der Waals surface area contributed by atoms with Crippen LogP contribution in [0.25, 0.3) is 10.8 Å². The summed E-state index contributed by atoms with van der Waals surface area (Å²) in [7, 11) is 0. The van der Waals surface area contributed by atoms with Gasteiger partial charge in [0.15, 0.2) is 17.3 Å². The Kier molecular flexibility index (Phi) is 3.29. The standard InChI is InChI=1S/C20H16O5/c1-10(21)20(25)8-15-17(16(22)9-20)19(24)14-7-12-5-3-2-4-11(12)6-13(14)18(15)23/h2-7,16,22,25H,8-9H2,1H3/t16-,20-/m0/s1. The van der Waals surface area contributed by atoms with E-state index >= 15 is 0 Å². The van der Waals surface area contributed by atoms with Gasteiger partial charge in [0.1, 0.15) is 5.60 Å². The maximum atomic E-state index is 13.0. The van der Waals surface area contributed by atoms with E-state index in [2.05, 4.69) is 0 Å². The molecule has 0 saturated heterocycles. The van der Waals surface area contributed by atoms with Crippen LogP contribution in [0, 0.1) is 0 Å². The van der Waals surface area contributed by atoms with Crippen LogP contribution in [0.2, 0.25) is 0 Å². The Morgan fingerprint density at radius 3 is 2.20 bits per heavy atom.